The molecule has 0 aliphatic heterocycles. The average Bonchev–Trinajstić information content (AvgIpc) is 1.59. The Morgan fingerprint density at radius 3 is 1.80 bits per heavy atom. The Kier molecular flexibility index (Phi) is 1.51. The fourth-order valence-corrected chi connectivity index (χ4v) is 1.32. The summed E-state index contributed by atoms with van der Waals surface area (Å²) in [5.41, 5.74) is 5.05. The zero-order chi connectivity index (χ0) is 7.99. The van der Waals surface area contributed by atoms with Crippen molar-refractivity contribution in [2.75, 3.05) is 0 Å². The maximum absolute atomic E-state index is 12.3. The maximum Gasteiger partial charge on any atom is 0.251 e. The molecule has 0 saturated heterocycles. The van der Waals surface area contributed by atoms with Gasteiger partial charge in [0.1, 0.15) is 0 Å². The van der Waals surface area contributed by atoms with Crippen LogP contribution in [0.3, 0.4) is 0 Å². The van der Waals surface area contributed by atoms with Crippen LogP contribution >= 0.6 is 0 Å². The van der Waals surface area contributed by atoms with Gasteiger partial charge in [-0.05, 0) is 5.92 Å². The van der Waals surface area contributed by atoms with Crippen LogP contribution in [-0.4, -0.2) is 11.5 Å². The van der Waals surface area contributed by atoms with Gasteiger partial charge in [0.2, 0.25) is 0 Å². The first kappa shape index (κ1) is 7.92. The Morgan fingerprint density at radius 2 is 1.70 bits per heavy atom. The molecule has 0 heterocycles. The van der Waals surface area contributed by atoms with Gasteiger partial charge in [0, 0.05) is 18.4 Å². The van der Waals surface area contributed by atoms with Crippen molar-refractivity contribution in [1.29, 1.82) is 0 Å². The van der Waals surface area contributed by atoms with E-state index in [1.54, 1.807) is 0 Å². The van der Waals surface area contributed by atoms with E-state index in [1.807, 2.05) is 13.8 Å². The number of rotatable bonds is 1. The van der Waals surface area contributed by atoms with Gasteiger partial charge in [-0.1, -0.05) is 13.8 Å². The highest BCUT2D eigenvalue weighted by atomic mass is 19.3. The van der Waals surface area contributed by atoms with Crippen LogP contribution in [0, 0.1) is 5.92 Å². The summed E-state index contributed by atoms with van der Waals surface area (Å²) in [6.45, 7) is 3.77. The second-order valence-electron chi connectivity index (χ2n) is 3.60. The molecule has 1 saturated carbocycles. The highest BCUT2D eigenvalue weighted by Gasteiger charge is 2.55. The molecule has 0 radical (unpaired) electrons. The highest BCUT2D eigenvalue weighted by molar-refractivity contribution is 5.05. The molecule has 0 aromatic carbocycles. The lowest BCUT2D eigenvalue weighted by molar-refractivity contribution is -0.135. The number of hydrogen-bond donors (Lipinski definition) is 1. The maximum atomic E-state index is 12.3. The number of halogens is 2. The smallest absolute Gasteiger partial charge is 0.251 e. The van der Waals surface area contributed by atoms with Gasteiger partial charge < -0.3 is 5.73 Å². The van der Waals surface area contributed by atoms with Gasteiger partial charge in [0.15, 0.2) is 0 Å². The molecule has 0 amide bonds. The van der Waals surface area contributed by atoms with Crippen LogP contribution in [0.5, 0.6) is 0 Å². The summed E-state index contributed by atoms with van der Waals surface area (Å²) in [6.07, 6.45) is -0.282. The first-order chi connectivity index (χ1) is 4.36. The molecule has 60 valence electrons. The van der Waals surface area contributed by atoms with Gasteiger partial charge >= 0.3 is 0 Å². The zero-order valence-electron chi connectivity index (χ0n) is 6.32. The van der Waals surface area contributed by atoms with Crippen molar-refractivity contribution in [1.82, 2.24) is 0 Å². The van der Waals surface area contributed by atoms with Crippen molar-refractivity contribution in [3.63, 3.8) is 0 Å². The standard InChI is InChI=1S/C7H13F2N/c1-5(2)6(10)3-7(8,9)4-6/h5H,3-4,10H2,1-2H3. The first-order valence-electron chi connectivity index (χ1n) is 3.52. The predicted molar refractivity (Wildman–Crippen MR) is 35.9 cm³/mol. The van der Waals surface area contributed by atoms with Gasteiger partial charge in [0.05, 0.1) is 0 Å². The van der Waals surface area contributed by atoms with Gasteiger partial charge in [-0.25, -0.2) is 8.78 Å². The van der Waals surface area contributed by atoms with Crippen LogP contribution < -0.4 is 5.73 Å². The van der Waals surface area contributed by atoms with Gasteiger partial charge in [-0.15, -0.1) is 0 Å². The topological polar surface area (TPSA) is 26.0 Å². The number of alkyl halides is 2. The fourth-order valence-electron chi connectivity index (χ4n) is 1.32. The van der Waals surface area contributed by atoms with Gasteiger partial charge in [-0.2, -0.15) is 0 Å². The Labute approximate surface area is 59.6 Å². The molecule has 1 fully saturated rings. The van der Waals surface area contributed by atoms with Crippen LogP contribution in [-0.2, 0) is 0 Å². The molecule has 1 rings (SSSR count). The molecule has 1 aliphatic rings. The Hall–Kier alpha value is -0.180. The van der Waals surface area contributed by atoms with Crippen molar-refractivity contribution in [2.45, 2.75) is 38.2 Å². The number of hydrogen-bond acceptors (Lipinski definition) is 1. The molecule has 0 bridgehead atoms. The predicted octanol–water partition coefficient (Wildman–Crippen LogP) is 1.77. The molecule has 0 spiro atoms. The van der Waals surface area contributed by atoms with E-state index in [-0.39, 0.29) is 18.8 Å². The van der Waals surface area contributed by atoms with E-state index in [4.69, 9.17) is 5.73 Å². The zero-order valence-corrected chi connectivity index (χ0v) is 6.32. The molecule has 1 nitrogen and oxygen atoms in total. The molecule has 1 aliphatic carbocycles. The molecule has 2 N–H and O–H groups in total. The van der Waals surface area contributed by atoms with E-state index in [9.17, 15) is 8.78 Å². The summed E-state index contributed by atoms with van der Waals surface area (Å²) in [7, 11) is 0. The van der Waals surface area contributed by atoms with Crippen molar-refractivity contribution >= 4 is 0 Å². The minimum Gasteiger partial charge on any atom is -0.324 e. The van der Waals surface area contributed by atoms with Crippen LogP contribution in [0.4, 0.5) is 8.78 Å². The summed E-state index contributed by atoms with van der Waals surface area (Å²) in [6, 6.07) is 0. The van der Waals surface area contributed by atoms with E-state index in [0.717, 1.165) is 0 Å². The number of nitrogens with two attached hydrogens (primary N) is 1. The first-order valence-corrected chi connectivity index (χ1v) is 3.52. The third-order valence-corrected chi connectivity index (χ3v) is 2.33. The molecule has 0 unspecified atom stereocenters. The minimum absolute atomic E-state index is 0.141. The molecular formula is C7H13F2N. The third kappa shape index (κ3) is 1.15. The lowest BCUT2D eigenvalue weighted by Crippen LogP contribution is -2.61. The largest absolute Gasteiger partial charge is 0.324 e. The van der Waals surface area contributed by atoms with Crippen LogP contribution in [0.2, 0.25) is 0 Å². The molecule has 3 heteroatoms. The Bertz CT molecular complexity index is 135. The minimum atomic E-state index is -2.49. The van der Waals surface area contributed by atoms with Gasteiger partial charge in [-0.3, -0.25) is 0 Å². The lowest BCUT2D eigenvalue weighted by Gasteiger charge is -2.47. The fraction of sp³-hybridized carbons (Fsp3) is 1.00. The molecule has 0 aromatic heterocycles. The molecule has 10 heavy (non-hydrogen) atoms. The Morgan fingerprint density at radius 1 is 1.30 bits per heavy atom. The second kappa shape index (κ2) is 1.91. The summed E-state index contributed by atoms with van der Waals surface area (Å²) < 4.78 is 24.6. The summed E-state index contributed by atoms with van der Waals surface area (Å²) in [4.78, 5) is 0. The Balaban J connectivity index is 2.50. The highest BCUT2D eigenvalue weighted by Crippen LogP contribution is 2.47. The molecule has 0 atom stereocenters. The van der Waals surface area contributed by atoms with Crippen molar-refractivity contribution in [3.8, 4) is 0 Å². The average molecular weight is 149 g/mol. The monoisotopic (exact) mass is 149 g/mol. The summed E-state index contributed by atoms with van der Waals surface area (Å²) in [5.74, 6) is -2.33. The van der Waals surface area contributed by atoms with E-state index in [1.165, 1.54) is 0 Å². The van der Waals surface area contributed by atoms with Crippen molar-refractivity contribution < 1.29 is 8.78 Å². The molecule has 0 aromatic rings. The van der Waals surface area contributed by atoms with Crippen molar-refractivity contribution in [2.24, 2.45) is 11.7 Å². The quantitative estimate of drug-likeness (QED) is 0.604. The van der Waals surface area contributed by atoms with E-state index in [0.29, 0.717) is 0 Å². The SMILES string of the molecule is CC(C)C1(N)CC(F)(F)C1. The third-order valence-electron chi connectivity index (χ3n) is 2.33. The second-order valence-corrected chi connectivity index (χ2v) is 3.60. The van der Waals surface area contributed by atoms with Crippen LogP contribution in [0.25, 0.3) is 0 Å². The van der Waals surface area contributed by atoms with E-state index >= 15 is 0 Å². The normalized spacial score (nSPS) is 28.2. The lowest BCUT2D eigenvalue weighted by atomic mass is 9.67. The summed E-state index contributed by atoms with van der Waals surface area (Å²) in [5, 5.41) is 0. The van der Waals surface area contributed by atoms with Crippen LogP contribution in [0.1, 0.15) is 26.7 Å². The summed E-state index contributed by atoms with van der Waals surface area (Å²) >= 11 is 0. The van der Waals surface area contributed by atoms with Crippen molar-refractivity contribution in [3.05, 3.63) is 0 Å². The van der Waals surface area contributed by atoms with Crippen LogP contribution in [0.15, 0.2) is 0 Å². The van der Waals surface area contributed by atoms with E-state index in [2.05, 4.69) is 0 Å². The van der Waals surface area contributed by atoms with E-state index < -0.39 is 11.5 Å². The van der Waals surface area contributed by atoms with Gasteiger partial charge in [0.25, 0.3) is 5.92 Å². The molecular weight excluding hydrogens is 136 g/mol.